The third-order valence-electron chi connectivity index (χ3n) is 2.09. The Balaban J connectivity index is 2.94. The first-order chi connectivity index (χ1) is 6.18. The minimum Gasteiger partial charge on any atom is -0.207 e. The van der Waals surface area contributed by atoms with Crippen LogP contribution in [0, 0.1) is 12.7 Å². The standard InChI is InChI=1S/C11H8ClF/c1-7-5-9(13)6-8-3-2-4-10(12)11(7)8/h2-6H,1H3. The van der Waals surface area contributed by atoms with Crippen LogP contribution in [-0.4, -0.2) is 0 Å². The van der Waals surface area contributed by atoms with Gasteiger partial charge < -0.3 is 0 Å². The van der Waals surface area contributed by atoms with Crippen molar-refractivity contribution in [3.8, 4) is 0 Å². The molecule has 0 aliphatic carbocycles. The van der Waals surface area contributed by atoms with E-state index in [1.165, 1.54) is 12.1 Å². The summed E-state index contributed by atoms with van der Waals surface area (Å²) in [7, 11) is 0. The van der Waals surface area contributed by atoms with E-state index in [9.17, 15) is 4.39 Å². The molecule has 0 heterocycles. The zero-order valence-corrected chi connectivity index (χ0v) is 7.90. The van der Waals surface area contributed by atoms with Gasteiger partial charge in [0, 0.05) is 10.4 Å². The summed E-state index contributed by atoms with van der Waals surface area (Å²) in [5.41, 5.74) is 0.876. The third-order valence-corrected chi connectivity index (χ3v) is 2.40. The Kier molecular flexibility index (Phi) is 1.97. The van der Waals surface area contributed by atoms with Crippen LogP contribution in [0.25, 0.3) is 10.8 Å². The predicted molar refractivity (Wildman–Crippen MR) is 53.7 cm³/mol. The van der Waals surface area contributed by atoms with Crippen molar-refractivity contribution in [1.29, 1.82) is 0 Å². The lowest BCUT2D eigenvalue weighted by molar-refractivity contribution is 0.628. The molecule has 0 atom stereocenters. The van der Waals surface area contributed by atoms with E-state index in [0.717, 1.165) is 16.3 Å². The minimum absolute atomic E-state index is 0.215. The molecular formula is C11H8ClF. The zero-order valence-electron chi connectivity index (χ0n) is 7.14. The van der Waals surface area contributed by atoms with E-state index in [2.05, 4.69) is 0 Å². The number of halogens is 2. The van der Waals surface area contributed by atoms with E-state index in [4.69, 9.17) is 11.6 Å². The average Bonchev–Trinajstić information content (AvgIpc) is 2.02. The monoisotopic (exact) mass is 194 g/mol. The number of hydrogen-bond acceptors (Lipinski definition) is 0. The van der Waals surface area contributed by atoms with Gasteiger partial charge in [-0.3, -0.25) is 0 Å². The van der Waals surface area contributed by atoms with Crippen molar-refractivity contribution >= 4 is 22.4 Å². The summed E-state index contributed by atoms with van der Waals surface area (Å²) in [6.07, 6.45) is 0. The van der Waals surface area contributed by atoms with Crippen LogP contribution in [0.15, 0.2) is 30.3 Å². The minimum atomic E-state index is -0.215. The van der Waals surface area contributed by atoms with Gasteiger partial charge in [0.25, 0.3) is 0 Å². The predicted octanol–water partition coefficient (Wildman–Crippen LogP) is 3.94. The smallest absolute Gasteiger partial charge is 0.124 e. The van der Waals surface area contributed by atoms with E-state index in [1.54, 1.807) is 0 Å². The average molecular weight is 195 g/mol. The van der Waals surface area contributed by atoms with Crippen molar-refractivity contribution < 1.29 is 4.39 Å². The van der Waals surface area contributed by atoms with Gasteiger partial charge >= 0.3 is 0 Å². The van der Waals surface area contributed by atoms with E-state index in [0.29, 0.717) is 5.02 Å². The van der Waals surface area contributed by atoms with Crippen LogP contribution >= 0.6 is 11.6 Å². The molecule has 2 heteroatoms. The van der Waals surface area contributed by atoms with Crippen LogP contribution in [0.1, 0.15) is 5.56 Å². The van der Waals surface area contributed by atoms with Gasteiger partial charge in [0.2, 0.25) is 0 Å². The van der Waals surface area contributed by atoms with Gasteiger partial charge in [0.15, 0.2) is 0 Å². The summed E-state index contributed by atoms with van der Waals surface area (Å²) in [4.78, 5) is 0. The molecule has 0 amide bonds. The van der Waals surface area contributed by atoms with Crippen LogP contribution in [0.3, 0.4) is 0 Å². The molecule has 2 aromatic carbocycles. The van der Waals surface area contributed by atoms with Crippen LogP contribution in [-0.2, 0) is 0 Å². The fourth-order valence-corrected chi connectivity index (χ4v) is 1.88. The van der Waals surface area contributed by atoms with Crippen molar-refractivity contribution in [3.05, 3.63) is 46.7 Å². The first-order valence-electron chi connectivity index (χ1n) is 4.03. The van der Waals surface area contributed by atoms with Gasteiger partial charge in [-0.15, -0.1) is 0 Å². The molecule has 0 fully saturated rings. The van der Waals surface area contributed by atoms with Crippen LogP contribution in [0.4, 0.5) is 4.39 Å². The summed E-state index contributed by atoms with van der Waals surface area (Å²) < 4.78 is 13.0. The Labute approximate surface area is 80.9 Å². The molecule has 0 saturated carbocycles. The summed E-state index contributed by atoms with van der Waals surface area (Å²) in [6.45, 7) is 1.86. The van der Waals surface area contributed by atoms with Crippen molar-refractivity contribution in [2.24, 2.45) is 0 Å². The van der Waals surface area contributed by atoms with Gasteiger partial charge in [0.05, 0.1) is 0 Å². The second-order valence-corrected chi connectivity index (χ2v) is 3.47. The van der Waals surface area contributed by atoms with Gasteiger partial charge in [-0.25, -0.2) is 4.39 Å². The maximum atomic E-state index is 13.0. The Morgan fingerprint density at radius 2 is 2.00 bits per heavy atom. The molecule has 0 saturated heterocycles. The Hall–Kier alpha value is -1.08. The summed E-state index contributed by atoms with van der Waals surface area (Å²) >= 11 is 5.99. The van der Waals surface area contributed by atoms with Gasteiger partial charge in [-0.2, -0.15) is 0 Å². The van der Waals surface area contributed by atoms with Crippen molar-refractivity contribution in [2.45, 2.75) is 6.92 Å². The van der Waals surface area contributed by atoms with Crippen molar-refractivity contribution in [2.75, 3.05) is 0 Å². The van der Waals surface area contributed by atoms with E-state index in [1.807, 2.05) is 25.1 Å². The highest BCUT2D eigenvalue weighted by Gasteiger charge is 2.03. The number of rotatable bonds is 0. The molecule has 0 unspecified atom stereocenters. The molecule has 0 radical (unpaired) electrons. The molecule has 0 aliphatic heterocycles. The van der Waals surface area contributed by atoms with Gasteiger partial charge in [0.1, 0.15) is 5.82 Å². The largest absolute Gasteiger partial charge is 0.207 e. The SMILES string of the molecule is Cc1cc(F)cc2cccc(Cl)c12. The van der Waals surface area contributed by atoms with Crippen LogP contribution in [0.5, 0.6) is 0 Å². The van der Waals surface area contributed by atoms with E-state index >= 15 is 0 Å². The zero-order chi connectivity index (χ0) is 9.42. The van der Waals surface area contributed by atoms with Crippen molar-refractivity contribution in [3.63, 3.8) is 0 Å². The Bertz CT molecular complexity index is 463. The molecule has 66 valence electrons. The quantitative estimate of drug-likeness (QED) is 0.596. The maximum absolute atomic E-state index is 13.0. The highest BCUT2D eigenvalue weighted by molar-refractivity contribution is 6.35. The molecule has 0 N–H and O–H groups in total. The molecule has 0 spiro atoms. The molecular weight excluding hydrogens is 187 g/mol. The highest BCUT2D eigenvalue weighted by atomic mass is 35.5. The number of hydrogen-bond donors (Lipinski definition) is 0. The lowest BCUT2D eigenvalue weighted by Gasteiger charge is -2.03. The normalized spacial score (nSPS) is 10.7. The fraction of sp³-hybridized carbons (Fsp3) is 0.0909. The second kappa shape index (κ2) is 3.00. The van der Waals surface area contributed by atoms with Crippen LogP contribution < -0.4 is 0 Å². The number of fused-ring (bicyclic) bond motifs is 1. The lowest BCUT2D eigenvalue weighted by Crippen LogP contribution is -1.82. The first-order valence-corrected chi connectivity index (χ1v) is 4.40. The molecule has 13 heavy (non-hydrogen) atoms. The summed E-state index contributed by atoms with van der Waals surface area (Å²) in [5.74, 6) is -0.215. The third kappa shape index (κ3) is 1.40. The van der Waals surface area contributed by atoms with E-state index in [-0.39, 0.29) is 5.82 Å². The van der Waals surface area contributed by atoms with E-state index < -0.39 is 0 Å². The second-order valence-electron chi connectivity index (χ2n) is 3.06. The topological polar surface area (TPSA) is 0 Å². The summed E-state index contributed by atoms with van der Waals surface area (Å²) in [6, 6.07) is 8.48. The molecule has 0 bridgehead atoms. The van der Waals surface area contributed by atoms with Crippen LogP contribution in [0.2, 0.25) is 5.02 Å². The number of benzene rings is 2. The van der Waals surface area contributed by atoms with Crippen molar-refractivity contribution in [1.82, 2.24) is 0 Å². The molecule has 2 rings (SSSR count). The molecule has 0 aromatic heterocycles. The molecule has 2 aromatic rings. The molecule has 0 aliphatic rings. The highest BCUT2D eigenvalue weighted by Crippen LogP contribution is 2.27. The number of aryl methyl sites for hydroxylation is 1. The molecule has 0 nitrogen and oxygen atoms in total. The Morgan fingerprint density at radius 3 is 2.77 bits per heavy atom. The first kappa shape index (κ1) is 8.52. The van der Waals surface area contributed by atoms with Gasteiger partial charge in [-0.05, 0) is 36.1 Å². The van der Waals surface area contributed by atoms with Gasteiger partial charge in [-0.1, -0.05) is 23.7 Å². The maximum Gasteiger partial charge on any atom is 0.124 e. The fourth-order valence-electron chi connectivity index (χ4n) is 1.55. The summed E-state index contributed by atoms with van der Waals surface area (Å²) in [5, 5.41) is 2.46. The Morgan fingerprint density at radius 1 is 1.23 bits per heavy atom. The lowest BCUT2D eigenvalue weighted by atomic mass is 10.1.